The van der Waals surface area contributed by atoms with E-state index in [9.17, 15) is 19.5 Å². The molecule has 0 aliphatic rings. The molecule has 9 heteroatoms. The Balaban J connectivity index is 4.10. The summed E-state index contributed by atoms with van der Waals surface area (Å²) in [7, 11) is 5.93. The molecule has 522 valence electrons. The highest BCUT2D eigenvalue weighted by Crippen LogP contribution is 2.18. The van der Waals surface area contributed by atoms with Crippen LogP contribution in [0.2, 0.25) is 0 Å². The average Bonchev–Trinajstić information content (AvgIpc) is 3.65. The number of carbonyl (C=O) groups is 3. The maximum absolute atomic E-state index is 12.9. The Bertz CT molecular complexity index is 1910. The topological polar surface area (TPSA) is 111 Å². The van der Waals surface area contributed by atoms with Gasteiger partial charge in [0.1, 0.15) is 13.2 Å². The third-order valence-corrected chi connectivity index (χ3v) is 16.2. The van der Waals surface area contributed by atoms with Gasteiger partial charge in [0, 0.05) is 12.8 Å². The van der Waals surface area contributed by atoms with Crippen LogP contribution in [-0.2, 0) is 33.3 Å². The molecule has 0 fully saturated rings. The number of ether oxygens (including phenoxy) is 4. The number of unbranched alkanes of at least 4 members (excludes halogenated alkanes) is 34. The number of hydrogen-bond donors (Lipinski definition) is 0. The Morgan fingerprint density at radius 2 is 0.626 bits per heavy atom. The van der Waals surface area contributed by atoms with Gasteiger partial charge in [-0.25, -0.2) is 0 Å². The van der Waals surface area contributed by atoms with Crippen LogP contribution in [0.1, 0.15) is 322 Å². The number of carboxylic acid groups (broad SMARTS) is 1. The van der Waals surface area contributed by atoms with E-state index in [0.29, 0.717) is 17.4 Å². The zero-order valence-electron chi connectivity index (χ0n) is 59.7. The Labute approximate surface area is 561 Å². The van der Waals surface area contributed by atoms with E-state index in [0.717, 1.165) is 116 Å². The molecule has 0 spiro atoms. The van der Waals surface area contributed by atoms with Gasteiger partial charge in [0.15, 0.2) is 12.4 Å². The van der Waals surface area contributed by atoms with Gasteiger partial charge < -0.3 is 33.3 Å². The number of carboxylic acids is 1. The van der Waals surface area contributed by atoms with Gasteiger partial charge >= 0.3 is 11.9 Å². The summed E-state index contributed by atoms with van der Waals surface area (Å²) in [5, 5.41) is 11.8. The van der Waals surface area contributed by atoms with Gasteiger partial charge in [-0.05, 0) is 109 Å². The van der Waals surface area contributed by atoms with Crippen molar-refractivity contribution in [2.75, 3.05) is 47.5 Å². The van der Waals surface area contributed by atoms with Crippen molar-refractivity contribution in [2.24, 2.45) is 0 Å². The van der Waals surface area contributed by atoms with Crippen LogP contribution in [0.15, 0.2) is 122 Å². The molecular weight excluding hydrogens is 1130 g/mol. The highest BCUT2D eigenvalue weighted by atomic mass is 16.7. The molecule has 0 aromatic carbocycles. The minimum absolute atomic E-state index is 0.140. The van der Waals surface area contributed by atoms with Gasteiger partial charge in [-0.3, -0.25) is 9.59 Å². The lowest BCUT2D eigenvalue weighted by atomic mass is 10.0. The van der Waals surface area contributed by atoms with Crippen LogP contribution in [0.5, 0.6) is 0 Å². The number of carbonyl (C=O) groups excluding carboxylic acids is 3. The molecule has 0 bridgehead atoms. The molecule has 0 aromatic heterocycles. The van der Waals surface area contributed by atoms with E-state index >= 15 is 0 Å². The molecule has 2 atom stereocenters. The summed E-state index contributed by atoms with van der Waals surface area (Å²) in [6.07, 6.45) is 98.7. The molecular formula is C82H141NO8. The van der Waals surface area contributed by atoms with Crippen LogP contribution in [0.4, 0.5) is 0 Å². The maximum atomic E-state index is 12.9. The quantitative estimate of drug-likeness (QED) is 0.0195. The smallest absolute Gasteiger partial charge is 0.306 e. The van der Waals surface area contributed by atoms with Crippen molar-refractivity contribution in [1.82, 2.24) is 0 Å². The molecule has 0 N–H and O–H groups in total. The van der Waals surface area contributed by atoms with Gasteiger partial charge in [0.2, 0.25) is 0 Å². The van der Waals surface area contributed by atoms with Gasteiger partial charge in [-0.2, -0.15) is 0 Å². The molecule has 0 aromatic rings. The monoisotopic (exact) mass is 1270 g/mol. The first kappa shape index (κ1) is 86.7. The van der Waals surface area contributed by atoms with Crippen LogP contribution in [-0.4, -0.2) is 82.3 Å². The Kier molecular flexibility index (Phi) is 68.1. The summed E-state index contributed by atoms with van der Waals surface area (Å²) >= 11 is 0. The highest BCUT2D eigenvalue weighted by Gasteiger charge is 2.22. The van der Waals surface area contributed by atoms with Gasteiger partial charge in [-0.1, -0.05) is 322 Å². The number of esters is 2. The zero-order chi connectivity index (χ0) is 66.1. The summed E-state index contributed by atoms with van der Waals surface area (Å²) in [4.78, 5) is 37.6. The molecule has 9 nitrogen and oxygen atoms in total. The predicted molar refractivity (Wildman–Crippen MR) is 389 cm³/mol. The van der Waals surface area contributed by atoms with E-state index in [2.05, 4.69) is 135 Å². The second kappa shape index (κ2) is 71.5. The lowest BCUT2D eigenvalue weighted by Gasteiger charge is -2.26. The molecule has 91 heavy (non-hydrogen) atoms. The number of rotatable bonds is 69. The van der Waals surface area contributed by atoms with Crippen molar-refractivity contribution < 1.29 is 42.9 Å². The molecule has 0 radical (unpaired) electrons. The van der Waals surface area contributed by atoms with E-state index in [-0.39, 0.29) is 38.6 Å². The van der Waals surface area contributed by atoms with Crippen molar-refractivity contribution in [1.29, 1.82) is 0 Å². The van der Waals surface area contributed by atoms with Crippen molar-refractivity contribution in [3.05, 3.63) is 122 Å². The minimum atomic E-state index is -1.63. The summed E-state index contributed by atoms with van der Waals surface area (Å²) in [5.74, 6) is -2.30. The molecule has 0 saturated carbocycles. The van der Waals surface area contributed by atoms with Crippen LogP contribution < -0.4 is 5.11 Å². The fourth-order valence-electron chi connectivity index (χ4n) is 10.5. The first-order chi connectivity index (χ1) is 44.6. The van der Waals surface area contributed by atoms with Crippen LogP contribution in [0, 0.1) is 0 Å². The molecule has 2 unspecified atom stereocenters. The molecule has 0 aliphatic carbocycles. The van der Waals surface area contributed by atoms with E-state index < -0.39 is 24.3 Å². The Morgan fingerprint density at radius 1 is 0.341 bits per heavy atom. The third kappa shape index (κ3) is 73.0. The van der Waals surface area contributed by atoms with Crippen LogP contribution >= 0.6 is 0 Å². The summed E-state index contributed by atoms with van der Waals surface area (Å²) in [6, 6.07) is 0. The van der Waals surface area contributed by atoms with E-state index in [4.69, 9.17) is 18.9 Å². The Hall–Kier alpha value is -4.31. The van der Waals surface area contributed by atoms with Crippen molar-refractivity contribution in [3.63, 3.8) is 0 Å². The van der Waals surface area contributed by atoms with E-state index in [1.54, 1.807) is 0 Å². The average molecular weight is 1270 g/mol. The van der Waals surface area contributed by atoms with Crippen molar-refractivity contribution in [3.8, 4) is 0 Å². The lowest BCUT2D eigenvalue weighted by Crippen LogP contribution is -2.44. The van der Waals surface area contributed by atoms with Gasteiger partial charge in [-0.15, -0.1) is 0 Å². The standard InChI is InChI=1S/C82H141NO8/c1-6-8-10-12-14-16-18-20-22-24-26-28-30-32-34-36-38-39-40-41-43-44-46-48-50-52-54-56-58-60-62-64-66-68-70-72-79(84)89-76-78(77-90-82(81(86)87)88-75-74-83(3,4)5)91-80(85)73-71-69-67-65-63-61-59-57-55-53-51-49-47-45-42-37-35-33-31-29-27-25-23-21-19-17-15-13-11-9-7-2/h9,11,15,17-18,20-21,23-24,26-27,29,33,35,42,45,49,51,55,57,78,82H,6-8,10,12-14,16,19,22,25,28,30-32,34,36-41,43-44,46-48,50,52-54,56,58-77H2,1-5H3/b11-9-,17-15-,20-18-,23-21-,26-24-,29-27-,35-33-,45-42-,51-49-,57-55-. The number of nitrogens with zero attached hydrogens (tertiary/aromatic N) is 1. The first-order valence-corrected chi connectivity index (χ1v) is 37.7. The number of hydrogen-bond acceptors (Lipinski definition) is 8. The molecule has 0 saturated heterocycles. The number of aliphatic carboxylic acids is 1. The van der Waals surface area contributed by atoms with Gasteiger partial charge in [0.05, 0.1) is 40.3 Å². The molecule has 0 heterocycles. The van der Waals surface area contributed by atoms with E-state index in [1.807, 2.05) is 21.1 Å². The van der Waals surface area contributed by atoms with E-state index in [1.165, 1.54) is 173 Å². The zero-order valence-corrected chi connectivity index (χ0v) is 59.7. The minimum Gasteiger partial charge on any atom is -0.545 e. The van der Waals surface area contributed by atoms with Gasteiger partial charge in [0.25, 0.3) is 0 Å². The fraction of sp³-hybridized carbons (Fsp3) is 0.720. The predicted octanol–water partition coefficient (Wildman–Crippen LogP) is 22.6. The Morgan fingerprint density at radius 3 is 0.934 bits per heavy atom. The lowest BCUT2D eigenvalue weighted by molar-refractivity contribution is -0.870. The fourth-order valence-corrected chi connectivity index (χ4v) is 10.5. The molecule has 0 aliphatic heterocycles. The second-order valence-electron chi connectivity index (χ2n) is 26.2. The highest BCUT2D eigenvalue weighted by molar-refractivity contribution is 5.70. The van der Waals surface area contributed by atoms with Crippen LogP contribution in [0.3, 0.4) is 0 Å². The molecule has 0 rings (SSSR count). The third-order valence-electron chi connectivity index (χ3n) is 16.2. The largest absolute Gasteiger partial charge is 0.545 e. The second-order valence-corrected chi connectivity index (χ2v) is 26.2. The van der Waals surface area contributed by atoms with Crippen LogP contribution in [0.25, 0.3) is 0 Å². The number of quaternary nitrogens is 1. The SMILES string of the molecule is CC/C=C\C/C=C\C/C=C\C/C=C\C/C=C\C/C=C\C/C=C\C/C=C\CCCCCCCCC(=O)OC(COC(=O)CCCCCCCCCCCCCCCCCCCCCCCCC/C=C\C/C=C\CCCCCCC)COC(OCC[N+](C)(C)C)C(=O)[O-]. The summed E-state index contributed by atoms with van der Waals surface area (Å²) < 4.78 is 22.8. The molecule has 0 amide bonds. The number of likely N-dealkylation sites (N-methyl/N-ethyl adjacent to an activating group) is 1. The summed E-state index contributed by atoms with van der Waals surface area (Å²) in [6.45, 7) is 4.63. The first-order valence-electron chi connectivity index (χ1n) is 37.7. The maximum Gasteiger partial charge on any atom is 0.306 e. The normalized spacial score (nSPS) is 13.4. The number of allylic oxidation sites excluding steroid dienone is 20. The van der Waals surface area contributed by atoms with Crippen molar-refractivity contribution in [2.45, 2.75) is 334 Å². The van der Waals surface area contributed by atoms with Crippen molar-refractivity contribution >= 4 is 17.9 Å². The summed E-state index contributed by atoms with van der Waals surface area (Å²) in [5.41, 5.74) is 0.